The first kappa shape index (κ1) is 13.5. The van der Waals surface area contributed by atoms with Crippen LogP contribution in [0.15, 0.2) is 21.6 Å². The number of hydrogen-bond donors (Lipinski definition) is 3. The molecule has 1 aliphatic carbocycles. The molecule has 0 unspecified atom stereocenters. The van der Waals surface area contributed by atoms with E-state index in [4.69, 9.17) is 9.52 Å². The van der Waals surface area contributed by atoms with Crippen LogP contribution in [0, 0.1) is 0 Å². The van der Waals surface area contributed by atoms with Gasteiger partial charge in [-0.3, -0.25) is 0 Å². The third-order valence-electron chi connectivity index (χ3n) is 2.89. The summed E-state index contributed by atoms with van der Waals surface area (Å²) >= 11 is 0. The summed E-state index contributed by atoms with van der Waals surface area (Å²) in [6.45, 7) is 3.26. The van der Waals surface area contributed by atoms with Crippen molar-refractivity contribution in [2.24, 2.45) is 0 Å². The van der Waals surface area contributed by atoms with Crippen LogP contribution in [0.25, 0.3) is 0 Å². The highest BCUT2D eigenvalue weighted by molar-refractivity contribution is 7.89. The van der Waals surface area contributed by atoms with E-state index in [1.54, 1.807) is 6.07 Å². The first-order valence-corrected chi connectivity index (χ1v) is 7.49. The number of sulfonamides is 1. The molecule has 7 heteroatoms. The van der Waals surface area contributed by atoms with E-state index in [0.717, 1.165) is 6.54 Å². The van der Waals surface area contributed by atoms with E-state index >= 15 is 0 Å². The summed E-state index contributed by atoms with van der Waals surface area (Å²) in [7, 11) is -3.60. The molecule has 1 aliphatic rings. The van der Waals surface area contributed by atoms with Gasteiger partial charge in [0, 0.05) is 6.04 Å². The Kier molecular flexibility index (Phi) is 4.06. The fourth-order valence-corrected chi connectivity index (χ4v) is 3.02. The van der Waals surface area contributed by atoms with Crippen molar-refractivity contribution >= 4 is 10.0 Å². The molecule has 0 aromatic carbocycles. The summed E-state index contributed by atoms with van der Waals surface area (Å²) in [4.78, 5) is 0. The molecule has 0 spiro atoms. The Hall–Kier alpha value is -0.890. The van der Waals surface area contributed by atoms with E-state index in [9.17, 15) is 8.42 Å². The summed E-state index contributed by atoms with van der Waals surface area (Å²) in [5.41, 5.74) is 0. The van der Waals surface area contributed by atoms with Gasteiger partial charge in [-0.05, 0) is 31.5 Å². The lowest BCUT2D eigenvalue weighted by atomic mass is 9.91. The average molecular weight is 274 g/mol. The highest BCUT2D eigenvalue weighted by Crippen LogP contribution is 2.22. The van der Waals surface area contributed by atoms with Gasteiger partial charge in [0.15, 0.2) is 0 Å². The molecule has 1 fully saturated rings. The van der Waals surface area contributed by atoms with Crippen LogP contribution in [0.2, 0.25) is 0 Å². The van der Waals surface area contributed by atoms with E-state index in [0.29, 0.717) is 25.1 Å². The predicted molar refractivity (Wildman–Crippen MR) is 65.4 cm³/mol. The van der Waals surface area contributed by atoms with Gasteiger partial charge < -0.3 is 14.8 Å². The van der Waals surface area contributed by atoms with Crippen molar-refractivity contribution in [3.05, 3.63) is 17.9 Å². The molecular formula is C11H18N2O4S. The first-order valence-electron chi connectivity index (χ1n) is 6.01. The number of aliphatic hydroxyl groups excluding tert-OH is 1. The summed E-state index contributed by atoms with van der Waals surface area (Å²) in [6, 6.07) is 2.91. The molecule has 1 heterocycles. The number of hydrogen-bond acceptors (Lipinski definition) is 5. The monoisotopic (exact) mass is 274 g/mol. The SMILES string of the molecule is CCNCc1ccc(S(=O)(=O)NC2CC(O)C2)o1. The van der Waals surface area contributed by atoms with Gasteiger partial charge in [-0.25, -0.2) is 13.1 Å². The standard InChI is InChI=1S/C11H18N2O4S/c1-2-12-7-10-3-4-11(17-10)18(15,16)13-8-5-9(14)6-8/h3-4,8-9,12-14H,2,5-7H2,1H3. The fourth-order valence-electron chi connectivity index (χ4n) is 1.81. The number of rotatable bonds is 6. The Morgan fingerprint density at radius 3 is 2.78 bits per heavy atom. The Bertz CT molecular complexity index is 491. The normalized spacial score (nSPS) is 23.9. The lowest BCUT2D eigenvalue weighted by Crippen LogP contribution is -2.46. The van der Waals surface area contributed by atoms with Gasteiger partial charge in [0.05, 0.1) is 12.6 Å². The second kappa shape index (κ2) is 5.40. The van der Waals surface area contributed by atoms with Crippen molar-refractivity contribution in [3.63, 3.8) is 0 Å². The van der Waals surface area contributed by atoms with Crippen LogP contribution in [0.3, 0.4) is 0 Å². The van der Waals surface area contributed by atoms with E-state index in [2.05, 4.69) is 10.0 Å². The second-order valence-electron chi connectivity index (χ2n) is 4.44. The molecule has 102 valence electrons. The van der Waals surface area contributed by atoms with Gasteiger partial charge in [0.2, 0.25) is 5.09 Å². The third-order valence-corrected chi connectivity index (χ3v) is 4.28. The topological polar surface area (TPSA) is 91.6 Å². The van der Waals surface area contributed by atoms with Crippen molar-refractivity contribution < 1.29 is 17.9 Å². The van der Waals surface area contributed by atoms with Gasteiger partial charge in [0.1, 0.15) is 5.76 Å². The van der Waals surface area contributed by atoms with Crippen LogP contribution in [0.4, 0.5) is 0 Å². The van der Waals surface area contributed by atoms with E-state index in [1.165, 1.54) is 6.07 Å². The molecule has 0 aliphatic heterocycles. The van der Waals surface area contributed by atoms with Gasteiger partial charge in [0.25, 0.3) is 10.0 Å². The molecule has 18 heavy (non-hydrogen) atoms. The smallest absolute Gasteiger partial charge is 0.274 e. The largest absolute Gasteiger partial charge is 0.447 e. The minimum atomic E-state index is -3.60. The molecule has 6 nitrogen and oxygen atoms in total. The minimum Gasteiger partial charge on any atom is -0.447 e. The Morgan fingerprint density at radius 2 is 2.17 bits per heavy atom. The maximum absolute atomic E-state index is 11.9. The molecule has 1 aromatic heterocycles. The fraction of sp³-hybridized carbons (Fsp3) is 0.636. The van der Waals surface area contributed by atoms with Gasteiger partial charge in [-0.15, -0.1) is 0 Å². The lowest BCUT2D eigenvalue weighted by molar-refractivity contribution is 0.0710. The molecule has 1 aromatic rings. The third kappa shape index (κ3) is 3.11. The zero-order chi connectivity index (χ0) is 13.2. The molecule has 1 saturated carbocycles. The van der Waals surface area contributed by atoms with Crippen LogP contribution in [0.5, 0.6) is 0 Å². The zero-order valence-electron chi connectivity index (χ0n) is 10.2. The molecule has 3 N–H and O–H groups in total. The minimum absolute atomic E-state index is 0.0724. The summed E-state index contributed by atoms with van der Waals surface area (Å²) < 4.78 is 31.6. The number of furan rings is 1. The first-order chi connectivity index (χ1) is 8.51. The van der Waals surface area contributed by atoms with Gasteiger partial charge in [-0.2, -0.15) is 0 Å². The van der Waals surface area contributed by atoms with E-state index in [1.807, 2.05) is 6.92 Å². The molecule has 0 radical (unpaired) electrons. The lowest BCUT2D eigenvalue weighted by Gasteiger charge is -2.31. The Balaban J connectivity index is 1.98. The maximum Gasteiger partial charge on any atom is 0.274 e. The summed E-state index contributed by atoms with van der Waals surface area (Å²) in [6.07, 6.45) is 0.535. The van der Waals surface area contributed by atoms with E-state index in [-0.39, 0.29) is 11.1 Å². The highest BCUT2D eigenvalue weighted by atomic mass is 32.2. The average Bonchev–Trinajstić information content (AvgIpc) is 2.73. The van der Waals surface area contributed by atoms with Gasteiger partial charge in [-0.1, -0.05) is 6.92 Å². The zero-order valence-corrected chi connectivity index (χ0v) is 11.0. The summed E-state index contributed by atoms with van der Waals surface area (Å²) in [5, 5.41) is 12.1. The predicted octanol–water partition coefficient (Wildman–Crippen LogP) is 0.191. The van der Waals surface area contributed by atoms with Crippen LogP contribution >= 0.6 is 0 Å². The molecule has 0 bridgehead atoms. The number of nitrogens with one attached hydrogen (secondary N) is 2. The molecule has 0 saturated heterocycles. The van der Waals surface area contributed by atoms with Crippen LogP contribution in [-0.4, -0.2) is 32.2 Å². The van der Waals surface area contributed by atoms with Crippen LogP contribution < -0.4 is 10.0 Å². The van der Waals surface area contributed by atoms with Crippen molar-refractivity contribution in [1.29, 1.82) is 0 Å². The van der Waals surface area contributed by atoms with Gasteiger partial charge >= 0.3 is 0 Å². The van der Waals surface area contributed by atoms with Crippen molar-refractivity contribution in [2.45, 2.75) is 43.5 Å². The Morgan fingerprint density at radius 1 is 1.44 bits per heavy atom. The molecular weight excluding hydrogens is 256 g/mol. The molecule has 2 rings (SSSR count). The van der Waals surface area contributed by atoms with Crippen molar-refractivity contribution in [3.8, 4) is 0 Å². The molecule has 0 amide bonds. The summed E-state index contributed by atoms with van der Waals surface area (Å²) in [5.74, 6) is 0.589. The quantitative estimate of drug-likeness (QED) is 0.689. The van der Waals surface area contributed by atoms with Crippen molar-refractivity contribution in [2.75, 3.05) is 6.54 Å². The van der Waals surface area contributed by atoms with Crippen molar-refractivity contribution in [1.82, 2.24) is 10.0 Å². The Labute approximate surface area is 106 Å². The highest BCUT2D eigenvalue weighted by Gasteiger charge is 2.32. The number of aliphatic hydroxyl groups is 1. The van der Waals surface area contributed by atoms with Crippen LogP contribution in [0.1, 0.15) is 25.5 Å². The molecule has 0 atom stereocenters. The van der Waals surface area contributed by atoms with Crippen LogP contribution in [-0.2, 0) is 16.6 Å². The maximum atomic E-state index is 11.9. The van der Waals surface area contributed by atoms with E-state index < -0.39 is 16.1 Å². The second-order valence-corrected chi connectivity index (χ2v) is 6.09.